The van der Waals surface area contributed by atoms with Crippen LogP contribution in [0, 0.1) is 0 Å². The Hall–Kier alpha value is -2.38. The second-order valence-corrected chi connectivity index (χ2v) is 9.59. The van der Waals surface area contributed by atoms with E-state index < -0.39 is 15.6 Å². The summed E-state index contributed by atoms with van der Waals surface area (Å²) < 4.78 is 27.5. The molecule has 2 aromatic rings. The zero-order chi connectivity index (χ0) is 20.8. The molecule has 0 aromatic heterocycles. The van der Waals surface area contributed by atoms with E-state index in [1.807, 2.05) is 25.1 Å². The third-order valence-corrected chi connectivity index (χ3v) is 5.68. The Morgan fingerprint density at radius 2 is 1.71 bits per heavy atom. The zero-order valence-corrected chi connectivity index (χ0v) is 17.6. The first kappa shape index (κ1) is 21.9. The van der Waals surface area contributed by atoms with Crippen LogP contribution < -0.4 is 15.4 Å². The van der Waals surface area contributed by atoms with Crippen molar-refractivity contribution in [2.75, 3.05) is 5.32 Å². The van der Waals surface area contributed by atoms with Gasteiger partial charge in [-0.1, -0.05) is 36.4 Å². The number of carbonyl (C=O) groups is 1. The third kappa shape index (κ3) is 7.32. The Morgan fingerprint density at radius 1 is 1.04 bits per heavy atom. The van der Waals surface area contributed by atoms with Gasteiger partial charge < -0.3 is 10.6 Å². The van der Waals surface area contributed by atoms with Crippen LogP contribution in [-0.4, -0.2) is 26.0 Å². The number of urea groups is 1. The van der Waals surface area contributed by atoms with Crippen LogP contribution >= 0.6 is 0 Å². The minimum Gasteiger partial charge on any atom is -0.335 e. The number of hydrogen-bond donors (Lipinski definition) is 3. The summed E-state index contributed by atoms with van der Waals surface area (Å²) in [5.41, 5.74) is 1.05. The minimum absolute atomic E-state index is 0.0188. The van der Waals surface area contributed by atoms with E-state index in [1.54, 1.807) is 32.9 Å². The van der Waals surface area contributed by atoms with Gasteiger partial charge in [-0.25, -0.2) is 17.9 Å². The maximum absolute atomic E-state index is 12.4. The normalized spacial score (nSPS) is 13.0. The summed E-state index contributed by atoms with van der Waals surface area (Å²) in [6.45, 7) is 7.27. The highest BCUT2D eigenvalue weighted by atomic mass is 32.2. The molecule has 28 heavy (non-hydrogen) atoms. The largest absolute Gasteiger partial charge is 0.335 e. The predicted octanol–water partition coefficient (Wildman–Crippen LogP) is 3.91. The molecule has 0 aliphatic carbocycles. The maximum atomic E-state index is 12.4. The number of rotatable bonds is 7. The van der Waals surface area contributed by atoms with Gasteiger partial charge in [0.15, 0.2) is 0 Å². The topological polar surface area (TPSA) is 87.3 Å². The first-order valence-electron chi connectivity index (χ1n) is 9.31. The van der Waals surface area contributed by atoms with E-state index in [2.05, 4.69) is 27.5 Å². The zero-order valence-electron chi connectivity index (χ0n) is 16.8. The molecule has 6 nitrogen and oxygen atoms in total. The molecule has 0 saturated heterocycles. The second-order valence-electron chi connectivity index (χ2n) is 7.91. The van der Waals surface area contributed by atoms with Gasteiger partial charge in [0.1, 0.15) is 0 Å². The van der Waals surface area contributed by atoms with Crippen molar-refractivity contribution in [1.82, 2.24) is 10.0 Å². The summed E-state index contributed by atoms with van der Waals surface area (Å²) in [4.78, 5) is 12.3. The number of carbonyl (C=O) groups excluding carboxylic acids is 1. The van der Waals surface area contributed by atoms with Crippen LogP contribution in [-0.2, 0) is 16.4 Å². The highest BCUT2D eigenvalue weighted by Gasteiger charge is 2.22. The number of benzene rings is 2. The first-order valence-corrected chi connectivity index (χ1v) is 10.8. The summed E-state index contributed by atoms with van der Waals surface area (Å²) in [6.07, 6.45) is 1.68. The molecule has 0 heterocycles. The van der Waals surface area contributed by atoms with Crippen LogP contribution in [0.4, 0.5) is 10.5 Å². The molecule has 0 aliphatic rings. The van der Waals surface area contributed by atoms with Gasteiger partial charge in [0.25, 0.3) is 0 Å². The molecule has 3 N–H and O–H groups in total. The Balaban J connectivity index is 1.93. The van der Waals surface area contributed by atoms with E-state index in [0.29, 0.717) is 5.69 Å². The molecule has 1 atom stereocenters. The molecule has 0 unspecified atom stereocenters. The molecule has 0 bridgehead atoms. The van der Waals surface area contributed by atoms with Gasteiger partial charge in [0.2, 0.25) is 10.0 Å². The number of nitrogens with one attached hydrogen (secondary N) is 3. The van der Waals surface area contributed by atoms with E-state index in [1.165, 1.54) is 17.7 Å². The Labute approximate surface area is 167 Å². The fourth-order valence-corrected chi connectivity index (χ4v) is 4.16. The van der Waals surface area contributed by atoms with Crippen molar-refractivity contribution in [3.63, 3.8) is 0 Å². The van der Waals surface area contributed by atoms with E-state index in [9.17, 15) is 13.2 Å². The second kappa shape index (κ2) is 9.21. The Bertz CT molecular complexity index is 891. The van der Waals surface area contributed by atoms with Crippen LogP contribution in [0.3, 0.4) is 0 Å². The van der Waals surface area contributed by atoms with Crippen LogP contribution in [0.2, 0.25) is 0 Å². The van der Waals surface area contributed by atoms with Gasteiger partial charge in [-0.05, 0) is 64.3 Å². The van der Waals surface area contributed by atoms with E-state index in [-0.39, 0.29) is 17.0 Å². The third-order valence-electron chi connectivity index (χ3n) is 3.93. The average molecular weight is 404 g/mol. The molecule has 0 saturated carbocycles. The lowest BCUT2D eigenvalue weighted by atomic mass is 10.1. The summed E-state index contributed by atoms with van der Waals surface area (Å²) >= 11 is 0. The monoisotopic (exact) mass is 403 g/mol. The van der Waals surface area contributed by atoms with Crippen molar-refractivity contribution in [3.05, 3.63) is 60.2 Å². The molecular formula is C21H29N3O3S. The molecule has 152 valence electrons. The lowest BCUT2D eigenvalue weighted by Crippen LogP contribution is -2.40. The molecule has 7 heteroatoms. The van der Waals surface area contributed by atoms with Crippen LogP contribution in [0.1, 0.15) is 39.7 Å². The molecular weight excluding hydrogens is 374 g/mol. The number of aryl methyl sites for hydroxylation is 1. The fraction of sp³-hybridized carbons (Fsp3) is 0.381. The molecule has 2 amide bonds. The van der Waals surface area contributed by atoms with Crippen molar-refractivity contribution >= 4 is 21.7 Å². The number of amides is 2. The molecule has 0 radical (unpaired) electrons. The lowest BCUT2D eigenvalue weighted by Gasteiger charge is -2.20. The Morgan fingerprint density at radius 3 is 2.36 bits per heavy atom. The standard InChI is InChI=1S/C21H29N3O3S/c1-16(13-14-17-9-6-5-7-10-17)22-20(25)23-18-11-8-12-19(15-18)28(26,27)24-21(2,3)4/h5-12,15-16,24H,13-14H2,1-4H3,(H2,22,23,25)/t16-/m0/s1. The lowest BCUT2D eigenvalue weighted by molar-refractivity contribution is 0.248. The van der Waals surface area contributed by atoms with Crippen molar-refractivity contribution < 1.29 is 13.2 Å². The van der Waals surface area contributed by atoms with Gasteiger partial charge in [0, 0.05) is 17.3 Å². The van der Waals surface area contributed by atoms with Crippen LogP contribution in [0.5, 0.6) is 0 Å². The van der Waals surface area contributed by atoms with Crippen molar-refractivity contribution in [2.24, 2.45) is 0 Å². The molecule has 0 aliphatic heterocycles. The quantitative estimate of drug-likeness (QED) is 0.655. The summed E-state index contributed by atoms with van der Waals surface area (Å²) in [6, 6.07) is 15.9. The van der Waals surface area contributed by atoms with E-state index in [0.717, 1.165) is 12.8 Å². The first-order chi connectivity index (χ1) is 13.0. The molecule has 0 fully saturated rings. The summed E-state index contributed by atoms with van der Waals surface area (Å²) in [5, 5.41) is 5.58. The summed E-state index contributed by atoms with van der Waals surface area (Å²) in [7, 11) is -3.66. The molecule has 2 rings (SSSR count). The van der Waals surface area contributed by atoms with Gasteiger partial charge in [-0.2, -0.15) is 0 Å². The SMILES string of the molecule is C[C@@H](CCc1ccccc1)NC(=O)Nc1cccc(S(=O)(=O)NC(C)(C)C)c1. The van der Waals surface area contributed by atoms with Crippen molar-refractivity contribution in [1.29, 1.82) is 0 Å². The maximum Gasteiger partial charge on any atom is 0.319 e. The predicted molar refractivity (Wildman–Crippen MR) is 113 cm³/mol. The highest BCUT2D eigenvalue weighted by Crippen LogP contribution is 2.17. The van der Waals surface area contributed by atoms with Gasteiger partial charge in [-0.3, -0.25) is 0 Å². The molecule has 2 aromatic carbocycles. The van der Waals surface area contributed by atoms with Gasteiger partial charge in [-0.15, -0.1) is 0 Å². The number of hydrogen-bond acceptors (Lipinski definition) is 3. The number of sulfonamides is 1. The van der Waals surface area contributed by atoms with Crippen LogP contribution in [0.25, 0.3) is 0 Å². The number of anilines is 1. The van der Waals surface area contributed by atoms with E-state index >= 15 is 0 Å². The van der Waals surface area contributed by atoms with Crippen molar-refractivity contribution in [3.8, 4) is 0 Å². The summed E-state index contributed by atoms with van der Waals surface area (Å²) in [5.74, 6) is 0. The highest BCUT2D eigenvalue weighted by molar-refractivity contribution is 7.89. The average Bonchev–Trinajstić information content (AvgIpc) is 2.59. The van der Waals surface area contributed by atoms with Gasteiger partial charge >= 0.3 is 6.03 Å². The molecule has 0 spiro atoms. The van der Waals surface area contributed by atoms with E-state index in [4.69, 9.17) is 0 Å². The fourth-order valence-electron chi connectivity index (χ4n) is 2.69. The smallest absolute Gasteiger partial charge is 0.319 e. The van der Waals surface area contributed by atoms with Crippen molar-refractivity contribution in [2.45, 2.75) is 57.0 Å². The van der Waals surface area contributed by atoms with Crippen LogP contribution in [0.15, 0.2) is 59.5 Å². The Kier molecular flexibility index (Phi) is 7.21. The van der Waals surface area contributed by atoms with Gasteiger partial charge in [0.05, 0.1) is 4.90 Å². The minimum atomic E-state index is -3.66.